The maximum Gasteiger partial charge on any atom is 0.248 e. The van der Waals surface area contributed by atoms with Gasteiger partial charge < -0.3 is 10.6 Å². The number of hydrogen-bond donors (Lipinski definition) is 1. The van der Waals surface area contributed by atoms with Crippen LogP contribution in [-0.4, -0.2) is 24.0 Å². The maximum atomic E-state index is 13.3. The van der Waals surface area contributed by atoms with Crippen molar-refractivity contribution in [2.45, 2.75) is 50.0 Å². The minimum atomic E-state index is -2.55. The fourth-order valence-corrected chi connectivity index (χ4v) is 3.16. The van der Waals surface area contributed by atoms with Crippen LogP contribution in [0.25, 0.3) is 0 Å². The van der Waals surface area contributed by atoms with Gasteiger partial charge in [0.25, 0.3) is 0 Å². The quantitative estimate of drug-likeness (QED) is 0.906. The van der Waals surface area contributed by atoms with Crippen molar-refractivity contribution < 1.29 is 8.78 Å². The maximum absolute atomic E-state index is 13.3. The molecule has 1 saturated carbocycles. The number of aromatic nitrogens is 1. The van der Waals surface area contributed by atoms with Crippen LogP contribution in [-0.2, 0) is 5.54 Å². The molecule has 20 heavy (non-hydrogen) atoms. The molecule has 5 heteroatoms. The number of rotatable bonds is 2. The van der Waals surface area contributed by atoms with Gasteiger partial charge in [0.05, 0.1) is 0 Å². The average Bonchev–Trinajstić information content (AvgIpc) is 2.97. The standard InChI is InChI=1S/C15H21F2N3/c16-15(17)7-5-14(18,6-8-15)12-3-4-13(19-11-12)20-9-1-2-10-20/h3-4,11H,1-2,5-10,18H2. The van der Waals surface area contributed by atoms with Gasteiger partial charge in [0.15, 0.2) is 0 Å². The van der Waals surface area contributed by atoms with Crippen LogP contribution in [0.4, 0.5) is 14.6 Å². The molecule has 1 saturated heterocycles. The Hall–Kier alpha value is -1.23. The van der Waals surface area contributed by atoms with Crippen LogP contribution in [0.5, 0.6) is 0 Å². The number of nitrogens with two attached hydrogens (primary N) is 1. The lowest BCUT2D eigenvalue weighted by Gasteiger charge is -2.37. The highest BCUT2D eigenvalue weighted by atomic mass is 19.3. The first-order valence-electron chi connectivity index (χ1n) is 7.37. The summed E-state index contributed by atoms with van der Waals surface area (Å²) in [5.41, 5.74) is 6.56. The topological polar surface area (TPSA) is 42.1 Å². The smallest absolute Gasteiger partial charge is 0.248 e. The second-order valence-corrected chi connectivity index (χ2v) is 6.11. The highest BCUT2D eigenvalue weighted by Crippen LogP contribution is 2.42. The summed E-state index contributed by atoms with van der Waals surface area (Å²) >= 11 is 0. The van der Waals surface area contributed by atoms with E-state index in [-0.39, 0.29) is 12.8 Å². The molecule has 0 bridgehead atoms. The number of alkyl halides is 2. The Morgan fingerprint density at radius 1 is 1.05 bits per heavy atom. The minimum Gasteiger partial charge on any atom is -0.357 e. The third-order valence-corrected chi connectivity index (χ3v) is 4.63. The van der Waals surface area contributed by atoms with Gasteiger partial charge in [-0.2, -0.15) is 0 Å². The van der Waals surface area contributed by atoms with E-state index in [0.717, 1.165) is 24.5 Å². The van der Waals surface area contributed by atoms with Gasteiger partial charge >= 0.3 is 0 Å². The van der Waals surface area contributed by atoms with Gasteiger partial charge in [0.1, 0.15) is 5.82 Å². The van der Waals surface area contributed by atoms with Crippen LogP contribution in [0.15, 0.2) is 18.3 Å². The van der Waals surface area contributed by atoms with Gasteiger partial charge in [-0.05, 0) is 37.3 Å². The molecule has 2 N–H and O–H groups in total. The lowest BCUT2D eigenvalue weighted by Crippen LogP contribution is -2.43. The summed E-state index contributed by atoms with van der Waals surface area (Å²) < 4.78 is 26.5. The van der Waals surface area contributed by atoms with E-state index in [1.54, 1.807) is 6.20 Å². The fraction of sp³-hybridized carbons (Fsp3) is 0.667. The Bertz CT molecular complexity index is 457. The van der Waals surface area contributed by atoms with E-state index < -0.39 is 11.5 Å². The van der Waals surface area contributed by atoms with Gasteiger partial charge in [-0.25, -0.2) is 13.8 Å². The van der Waals surface area contributed by atoms with Crippen molar-refractivity contribution >= 4 is 5.82 Å². The zero-order valence-corrected chi connectivity index (χ0v) is 11.6. The highest BCUT2D eigenvalue weighted by molar-refractivity contribution is 5.41. The summed E-state index contributed by atoms with van der Waals surface area (Å²) in [5, 5.41) is 0. The Balaban J connectivity index is 1.74. The summed E-state index contributed by atoms with van der Waals surface area (Å²) in [6.07, 6.45) is 4.58. The molecule has 0 radical (unpaired) electrons. The molecule has 110 valence electrons. The Kier molecular flexibility index (Phi) is 3.40. The molecule has 1 aliphatic heterocycles. The molecule has 0 aromatic carbocycles. The van der Waals surface area contributed by atoms with Gasteiger partial charge in [-0.3, -0.25) is 0 Å². The molecule has 2 fully saturated rings. The van der Waals surface area contributed by atoms with Crippen LogP contribution < -0.4 is 10.6 Å². The lowest BCUT2D eigenvalue weighted by molar-refractivity contribution is -0.0514. The molecule has 0 atom stereocenters. The average molecular weight is 281 g/mol. The predicted octanol–water partition coefficient (Wildman–Crippen LogP) is 3.05. The number of nitrogens with zero attached hydrogens (tertiary/aromatic N) is 2. The first-order valence-corrected chi connectivity index (χ1v) is 7.37. The van der Waals surface area contributed by atoms with Gasteiger partial charge in [-0.1, -0.05) is 6.07 Å². The number of pyridine rings is 1. The molecular weight excluding hydrogens is 260 g/mol. The molecule has 0 unspecified atom stereocenters. The van der Waals surface area contributed by atoms with Crippen molar-refractivity contribution in [3.63, 3.8) is 0 Å². The molecule has 3 rings (SSSR count). The first kappa shape index (κ1) is 13.7. The van der Waals surface area contributed by atoms with Crippen molar-refractivity contribution in [2.75, 3.05) is 18.0 Å². The number of halogens is 2. The molecule has 0 amide bonds. The molecule has 2 heterocycles. The van der Waals surface area contributed by atoms with Crippen molar-refractivity contribution in [3.8, 4) is 0 Å². The van der Waals surface area contributed by atoms with Crippen molar-refractivity contribution in [2.24, 2.45) is 5.73 Å². The second-order valence-electron chi connectivity index (χ2n) is 6.11. The van der Waals surface area contributed by atoms with Crippen LogP contribution in [0.2, 0.25) is 0 Å². The first-order chi connectivity index (χ1) is 9.49. The van der Waals surface area contributed by atoms with Crippen molar-refractivity contribution in [1.29, 1.82) is 0 Å². The minimum absolute atomic E-state index is 0.128. The second kappa shape index (κ2) is 4.95. The zero-order chi connectivity index (χ0) is 14.2. The largest absolute Gasteiger partial charge is 0.357 e. The summed E-state index contributed by atoms with van der Waals surface area (Å²) in [6, 6.07) is 3.94. The van der Waals surface area contributed by atoms with E-state index in [4.69, 9.17) is 5.73 Å². The zero-order valence-electron chi connectivity index (χ0n) is 11.6. The normalized spacial score (nSPS) is 24.9. The Morgan fingerprint density at radius 3 is 2.25 bits per heavy atom. The number of hydrogen-bond acceptors (Lipinski definition) is 3. The van der Waals surface area contributed by atoms with Crippen molar-refractivity contribution in [1.82, 2.24) is 4.98 Å². The summed E-state index contributed by atoms with van der Waals surface area (Å²) in [7, 11) is 0. The third kappa shape index (κ3) is 2.64. The fourth-order valence-electron chi connectivity index (χ4n) is 3.16. The van der Waals surface area contributed by atoms with Crippen LogP contribution in [0.3, 0.4) is 0 Å². The summed E-state index contributed by atoms with van der Waals surface area (Å²) in [4.78, 5) is 6.73. The van der Waals surface area contributed by atoms with E-state index in [1.807, 2.05) is 12.1 Å². The summed E-state index contributed by atoms with van der Waals surface area (Å²) in [5.74, 6) is -1.58. The van der Waals surface area contributed by atoms with E-state index in [0.29, 0.717) is 12.8 Å². The molecule has 1 aliphatic carbocycles. The van der Waals surface area contributed by atoms with E-state index in [2.05, 4.69) is 9.88 Å². The monoisotopic (exact) mass is 281 g/mol. The van der Waals surface area contributed by atoms with E-state index >= 15 is 0 Å². The Labute approximate surface area is 118 Å². The third-order valence-electron chi connectivity index (χ3n) is 4.63. The van der Waals surface area contributed by atoms with E-state index in [1.165, 1.54) is 12.8 Å². The molecule has 1 aromatic rings. The predicted molar refractivity (Wildman–Crippen MR) is 75.0 cm³/mol. The van der Waals surface area contributed by atoms with Crippen molar-refractivity contribution in [3.05, 3.63) is 23.9 Å². The molecule has 3 nitrogen and oxygen atoms in total. The van der Waals surface area contributed by atoms with Gasteiger partial charge in [-0.15, -0.1) is 0 Å². The molecular formula is C15H21F2N3. The molecule has 1 aromatic heterocycles. The number of anilines is 1. The lowest BCUT2D eigenvalue weighted by atomic mass is 9.76. The van der Waals surface area contributed by atoms with Gasteiger partial charge in [0.2, 0.25) is 5.92 Å². The molecule has 2 aliphatic rings. The highest BCUT2D eigenvalue weighted by Gasteiger charge is 2.42. The Morgan fingerprint density at radius 2 is 1.70 bits per heavy atom. The van der Waals surface area contributed by atoms with Crippen LogP contribution in [0.1, 0.15) is 44.1 Å². The molecule has 0 spiro atoms. The summed E-state index contributed by atoms with van der Waals surface area (Å²) in [6.45, 7) is 2.10. The van der Waals surface area contributed by atoms with Gasteiger partial charge in [0, 0.05) is 37.7 Å². The van der Waals surface area contributed by atoms with E-state index in [9.17, 15) is 8.78 Å². The SMILES string of the molecule is NC1(c2ccc(N3CCCC3)nc2)CCC(F)(F)CC1. The van der Waals surface area contributed by atoms with Crippen LogP contribution >= 0.6 is 0 Å². The van der Waals surface area contributed by atoms with Crippen LogP contribution in [0, 0.1) is 0 Å².